The van der Waals surface area contributed by atoms with Gasteiger partial charge in [0.05, 0.1) is 17.4 Å². The highest BCUT2D eigenvalue weighted by molar-refractivity contribution is 7.86. The zero-order chi connectivity index (χ0) is 12.8. The molecule has 0 fully saturated rings. The molecular weight excluding hydrogens is 240 g/mol. The summed E-state index contributed by atoms with van der Waals surface area (Å²) < 4.78 is 31.6. The van der Waals surface area contributed by atoms with Crippen molar-refractivity contribution < 1.29 is 13.0 Å². The lowest BCUT2D eigenvalue weighted by atomic mass is 9.86. The molecular formula is C11H14N2O3S. The fourth-order valence-corrected chi connectivity index (χ4v) is 2.48. The second-order valence-electron chi connectivity index (χ2n) is 4.96. The van der Waals surface area contributed by atoms with E-state index in [-0.39, 0.29) is 10.3 Å². The van der Waals surface area contributed by atoms with Crippen LogP contribution in [-0.4, -0.2) is 22.9 Å². The fraction of sp³-hybridized carbons (Fsp3) is 0.364. The van der Waals surface area contributed by atoms with Gasteiger partial charge >= 0.3 is 0 Å². The minimum Gasteiger partial charge on any atom is -0.343 e. The van der Waals surface area contributed by atoms with Crippen LogP contribution in [0.5, 0.6) is 0 Å². The Morgan fingerprint density at radius 1 is 1.29 bits per heavy atom. The Labute approximate surface area is 99.6 Å². The van der Waals surface area contributed by atoms with Crippen LogP contribution in [0.1, 0.15) is 26.3 Å². The molecule has 6 heteroatoms. The molecule has 1 aromatic heterocycles. The van der Waals surface area contributed by atoms with Crippen LogP contribution in [0.3, 0.4) is 0 Å². The molecule has 5 nitrogen and oxygen atoms in total. The molecule has 0 saturated carbocycles. The van der Waals surface area contributed by atoms with E-state index in [1.165, 1.54) is 12.4 Å². The Morgan fingerprint density at radius 3 is 2.47 bits per heavy atom. The number of H-pyrrole nitrogens is 1. The number of aromatic nitrogens is 2. The minimum absolute atomic E-state index is 0.141. The number of nitrogens with zero attached hydrogens (tertiary/aromatic N) is 1. The first-order valence-corrected chi connectivity index (χ1v) is 6.59. The van der Waals surface area contributed by atoms with Crippen molar-refractivity contribution in [1.82, 2.24) is 9.97 Å². The molecule has 92 valence electrons. The summed E-state index contributed by atoms with van der Waals surface area (Å²) in [6, 6.07) is 3.09. The van der Waals surface area contributed by atoms with Gasteiger partial charge < -0.3 is 4.98 Å². The maximum atomic E-state index is 11.2. The van der Waals surface area contributed by atoms with Crippen LogP contribution in [0.2, 0.25) is 0 Å². The van der Waals surface area contributed by atoms with Gasteiger partial charge in [0.15, 0.2) is 0 Å². The van der Waals surface area contributed by atoms with Crippen molar-refractivity contribution in [3.63, 3.8) is 0 Å². The van der Waals surface area contributed by atoms with Crippen LogP contribution in [0.4, 0.5) is 0 Å². The first kappa shape index (κ1) is 12.1. The van der Waals surface area contributed by atoms with Crippen LogP contribution < -0.4 is 0 Å². The molecule has 0 bridgehead atoms. The maximum absolute atomic E-state index is 11.2. The quantitative estimate of drug-likeness (QED) is 0.763. The number of imidazole rings is 1. The molecule has 0 unspecified atom stereocenters. The van der Waals surface area contributed by atoms with Crippen molar-refractivity contribution in [3.05, 3.63) is 24.0 Å². The second kappa shape index (κ2) is 3.54. The minimum atomic E-state index is -4.23. The summed E-state index contributed by atoms with van der Waals surface area (Å²) in [6.07, 6.45) is 1.43. The number of hydrogen-bond acceptors (Lipinski definition) is 3. The van der Waals surface area contributed by atoms with Gasteiger partial charge in [-0.15, -0.1) is 0 Å². The largest absolute Gasteiger partial charge is 0.343 e. The summed E-state index contributed by atoms with van der Waals surface area (Å²) in [7, 11) is -4.23. The lowest BCUT2D eigenvalue weighted by Crippen LogP contribution is -2.12. The third kappa shape index (κ3) is 2.05. The van der Waals surface area contributed by atoms with Gasteiger partial charge in [-0.05, 0) is 17.0 Å². The normalized spacial score (nSPS) is 13.2. The SMILES string of the molecule is CC(C)(C)c1ccc(S(=O)(=O)O)c2[nH]cnc12. The lowest BCUT2D eigenvalue weighted by Gasteiger charge is -2.19. The third-order valence-electron chi connectivity index (χ3n) is 2.63. The molecule has 2 rings (SSSR count). The smallest absolute Gasteiger partial charge is 0.296 e. The molecule has 0 saturated heterocycles. The average Bonchev–Trinajstić information content (AvgIpc) is 2.60. The zero-order valence-electron chi connectivity index (χ0n) is 9.85. The predicted octanol–water partition coefficient (Wildman–Crippen LogP) is 2.11. The summed E-state index contributed by atoms with van der Waals surface area (Å²) in [5.74, 6) is 0. The van der Waals surface area contributed by atoms with Crippen LogP contribution in [0.25, 0.3) is 11.0 Å². The molecule has 1 heterocycles. The molecule has 0 atom stereocenters. The van der Waals surface area contributed by atoms with Gasteiger partial charge in [-0.25, -0.2) is 4.98 Å². The van der Waals surface area contributed by atoms with Crippen LogP contribution in [0.15, 0.2) is 23.4 Å². The van der Waals surface area contributed by atoms with E-state index in [9.17, 15) is 8.42 Å². The lowest BCUT2D eigenvalue weighted by molar-refractivity contribution is 0.484. The number of aromatic amines is 1. The summed E-state index contributed by atoms with van der Waals surface area (Å²) in [6.45, 7) is 6.05. The van der Waals surface area contributed by atoms with E-state index in [4.69, 9.17) is 4.55 Å². The van der Waals surface area contributed by atoms with Crippen LogP contribution in [-0.2, 0) is 15.5 Å². The Bertz CT molecular complexity index is 666. The van der Waals surface area contributed by atoms with Crippen molar-refractivity contribution in [2.24, 2.45) is 0 Å². The first-order chi connectivity index (χ1) is 7.71. The topological polar surface area (TPSA) is 83.0 Å². The molecule has 0 aliphatic heterocycles. The van der Waals surface area contributed by atoms with Gasteiger partial charge in [-0.3, -0.25) is 4.55 Å². The van der Waals surface area contributed by atoms with Crippen molar-refractivity contribution >= 4 is 21.2 Å². The Hall–Kier alpha value is -1.40. The Morgan fingerprint density at radius 2 is 1.94 bits per heavy atom. The fourth-order valence-electron chi connectivity index (χ4n) is 1.83. The highest BCUT2D eigenvalue weighted by Gasteiger charge is 2.23. The van der Waals surface area contributed by atoms with E-state index in [1.54, 1.807) is 6.07 Å². The monoisotopic (exact) mass is 254 g/mol. The molecule has 2 aromatic rings. The van der Waals surface area contributed by atoms with Crippen molar-refractivity contribution in [3.8, 4) is 0 Å². The molecule has 2 N–H and O–H groups in total. The molecule has 17 heavy (non-hydrogen) atoms. The maximum Gasteiger partial charge on any atom is 0.296 e. The van der Waals surface area contributed by atoms with E-state index < -0.39 is 10.1 Å². The van der Waals surface area contributed by atoms with Crippen LogP contribution >= 0.6 is 0 Å². The molecule has 0 amide bonds. The van der Waals surface area contributed by atoms with E-state index in [2.05, 4.69) is 9.97 Å². The number of rotatable bonds is 1. The summed E-state index contributed by atoms with van der Waals surface area (Å²) in [5.41, 5.74) is 1.71. The number of hydrogen-bond donors (Lipinski definition) is 2. The van der Waals surface area contributed by atoms with Gasteiger partial charge in [0.1, 0.15) is 4.90 Å². The zero-order valence-corrected chi connectivity index (χ0v) is 10.7. The summed E-state index contributed by atoms with van der Waals surface area (Å²) in [5, 5.41) is 0. The van der Waals surface area contributed by atoms with Crippen molar-refractivity contribution in [2.45, 2.75) is 31.1 Å². The van der Waals surface area contributed by atoms with E-state index >= 15 is 0 Å². The highest BCUT2D eigenvalue weighted by atomic mass is 32.2. The number of nitrogens with one attached hydrogen (secondary N) is 1. The van der Waals surface area contributed by atoms with Gasteiger partial charge in [-0.1, -0.05) is 26.8 Å². The molecule has 0 radical (unpaired) electrons. The highest BCUT2D eigenvalue weighted by Crippen LogP contribution is 2.31. The number of fused-ring (bicyclic) bond motifs is 1. The van der Waals surface area contributed by atoms with E-state index in [1.807, 2.05) is 20.8 Å². The van der Waals surface area contributed by atoms with Crippen molar-refractivity contribution in [1.29, 1.82) is 0 Å². The van der Waals surface area contributed by atoms with Gasteiger partial charge in [-0.2, -0.15) is 8.42 Å². The van der Waals surface area contributed by atoms with E-state index in [0.29, 0.717) is 11.0 Å². The molecule has 1 aromatic carbocycles. The molecule has 0 spiro atoms. The predicted molar refractivity (Wildman–Crippen MR) is 64.6 cm³/mol. The van der Waals surface area contributed by atoms with Gasteiger partial charge in [0.25, 0.3) is 10.1 Å². The van der Waals surface area contributed by atoms with Gasteiger partial charge in [0, 0.05) is 0 Å². The van der Waals surface area contributed by atoms with E-state index in [0.717, 1.165) is 5.56 Å². The number of benzene rings is 1. The Kier molecular flexibility index (Phi) is 2.52. The third-order valence-corrected chi connectivity index (χ3v) is 3.52. The molecule has 0 aliphatic carbocycles. The average molecular weight is 254 g/mol. The van der Waals surface area contributed by atoms with Gasteiger partial charge in [0.2, 0.25) is 0 Å². The second-order valence-corrected chi connectivity index (χ2v) is 6.35. The summed E-state index contributed by atoms with van der Waals surface area (Å²) >= 11 is 0. The summed E-state index contributed by atoms with van der Waals surface area (Å²) in [4.78, 5) is 6.74. The Balaban J connectivity index is 2.86. The molecule has 0 aliphatic rings. The van der Waals surface area contributed by atoms with Crippen LogP contribution in [0, 0.1) is 0 Å². The first-order valence-electron chi connectivity index (χ1n) is 5.15. The van der Waals surface area contributed by atoms with Crippen molar-refractivity contribution in [2.75, 3.05) is 0 Å². The standard InChI is InChI=1S/C11H14N2O3S/c1-11(2,3)7-4-5-8(17(14,15)16)10-9(7)12-6-13-10/h4-6H,1-3H3,(H,12,13)(H,14,15,16).